The van der Waals surface area contributed by atoms with Crippen molar-refractivity contribution < 1.29 is 4.74 Å². The van der Waals surface area contributed by atoms with Crippen molar-refractivity contribution >= 4 is 0 Å². The fourth-order valence-electron chi connectivity index (χ4n) is 1.19. The average Bonchev–Trinajstić information content (AvgIpc) is 1.82. The van der Waals surface area contributed by atoms with Gasteiger partial charge < -0.3 is 10.1 Å². The fourth-order valence-corrected chi connectivity index (χ4v) is 1.19. The van der Waals surface area contributed by atoms with Gasteiger partial charge in [-0.1, -0.05) is 20.8 Å². The van der Waals surface area contributed by atoms with E-state index in [9.17, 15) is 0 Å². The number of nitrogens with one attached hydrogen (secondary N) is 1. The van der Waals surface area contributed by atoms with Gasteiger partial charge in [0, 0.05) is 12.6 Å². The summed E-state index contributed by atoms with van der Waals surface area (Å²) in [5.74, 6) is 0. The lowest BCUT2D eigenvalue weighted by Crippen LogP contribution is -2.44. The highest BCUT2D eigenvalue weighted by molar-refractivity contribution is 4.77. The molecule has 0 atom stereocenters. The van der Waals surface area contributed by atoms with Crippen LogP contribution in [0.2, 0.25) is 0 Å². The van der Waals surface area contributed by atoms with Gasteiger partial charge in [-0.15, -0.1) is 0 Å². The topological polar surface area (TPSA) is 21.3 Å². The second-order valence-electron chi connectivity index (χ2n) is 5.55. The van der Waals surface area contributed by atoms with Crippen LogP contribution in [0.25, 0.3) is 0 Å². The molecule has 0 saturated heterocycles. The lowest BCUT2D eigenvalue weighted by molar-refractivity contribution is 0.126. The zero-order valence-electron chi connectivity index (χ0n) is 10.0. The predicted molar refractivity (Wildman–Crippen MR) is 58.0 cm³/mol. The SMILES string of the molecule is COCC(C)(C)NCCC(C)(C)C. The van der Waals surface area contributed by atoms with Crippen molar-refractivity contribution in [1.82, 2.24) is 5.32 Å². The van der Waals surface area contributed by atoms with Crippen molar-refractivity contribution in [2.24, 2.45) is 5.41 Å². The summed E-state index contributed by atoms with van der Waals surface area (Å²) in [6.45, 7) is 12.9. The summed E-state index contributed by atoms with van der Waals surface area (Å²) in [6.07, 6.45) is 1.19. The minimum Gasteiger partial charge on any atom is -0.383 e. The van der Waals surface area contributed by atoms with E-state index in [0.29, 0.717) is 5.41 Å². The molecule has 0 aliphatic heterocycles. The third-order valence-electron chi connectivity index (χ3n) is 1.98. The first-order chi connectivity index (χ1) is 5.77. The Morgan fingerprint density at radius 3 is 2.00 bits per heavy atom. The van der Waals surface area contributed by atoms with Gasteiger partial charge in [0.25, 0.3) is 0 Å². The van der Waals surface area contributed by atoms with E-state index in [0.717, 1.165) is 13.2 Å². The van der Waals surface area contributed by atoms with E-state index < -0.39 is 0 Å². The molecule has 0 heterocycles. The van der Waals surface area contributed by atoms with Gasteiger partial charge in [-0.05, 0) is 32.2 Å². The largest absolute Gasteiger partial charge is 0.383 e. The quantitative estimate of drug-likeness (QED) is 0.714. The Bertz CT molecular complexity index is 136. The Morgan fingerprint density at radius 1 is 1.08 bits per heavy atom. The first kappa shape index (κ1) is 12.9. The molecule has 0 unspecified atom stereocenters. The summed E-state index contributed by atoms with van der Waals surface area (Å²) in [5.41, 5.74) is 0.510. The van der Waals surface area contributed by atoms with Crippen LogP contribution in [-0.4, -0.2) is 25.8 Å². The third kappa shape index (κ3) is 8.26. The lowest BCUT2D eigenvalue weighted by Gasteiger charge is -2.27. The zero-order chi connectivity index (χ0) is 10.5. The fraction of sp³-hybridized carbons (Fsp3) is 1.00. The first-order valence-corrected chi connectivity index (χ1v) is 5.01. The Kier molecular flexibility index (Phi) is 4.93. The molecule has 0 rings (SSSR count). The Hall–Kier alpha value is -0.0800. The number of hydrogen-bond donors (Lipinski definition) is 1. The highest BCUT2D eigenvalue weighted by atomic mass is 16.5. The Labute approximate surface area is 83.1 Å². The molecule has 0 bridgehead atoms. The molecule has 13 heavy (non-hydrogen) atoms. The smallest absolute Gasteiger partial charge is 0.0639 e. The number of rotatable bonds is 5. The van der Waals surface area contributed by atoms with E-state index >= 15 is 0 Å². The number of hydrogen-bond acceptors (Lipinski definition) is 2. The molecule has 0 aliphatic carbocycles. The molecule has 0 aromatic carbocycles. The molecule has 0 spiro atoms. The minimum atomic E-state index is 0.0972. The van der Waals surface area contributed by atoms with Crippen molar-refractivity contribution in [1.29, 1.82) is 0 Å². The van der Waals surface area contributed by atoms with E-state index in [1.54, 1.807) is 7.11 Å². The Morgan fingerprint density at radius 2 is 1.62 bits per heavy atom. The highest BCUT2D eigenvalue weighted by Gasteiger charge is 2.17. The minimum absolute atomic E-state index is 0.0972. The van der Waals surface area contributed by atoms with Gasteiger partial charge >= 0.3 is 0 Å². The summed E-state index contributed by atoms with van der Waals surface area (Å²) >= 11 is 0. The van der Waals surface area contributed by atoms with Crippen LogP contribution in [-0.2, 0) is 4.74 Å². The van der Waals surface area contributed by atoms with Gasteiger partial charge in [0.15, 0.2) is 0 Å². The molecule has 0 aromatic rings. The van der Waals surface area contributed by atoms with E-state index in [1.807, 2.05) is 0 Å². The van der Waals surface area contributed by atoms with Crippen LogP contribution in [0.4, 0.5) is 0 Å². The molecule has 0 radical (unpaired) electrons. The van der Waals surface area contributed by atoms with Gasteiger partial charge in [-0.3, -0.25) is 0 Å². The van der Waals surface area contributed by atoms with Gasteiger partial charge in [0.05, 0.1) is 6.61 Å². The van der Waals surface area contributed by atoms with Crippen LogP contribution in [0.3, 0.4) is 0 Å². The summed E-state index contributed by atoms with van der Waals surface area (Å²) in [7, 11) is 1.74. The van der Waals surface area contributed by atoms with Crippen LogP contribution >= 0.6 is 0 Å². The summed E-state index contributed by atoms with van der Waals surface area (Å²) in [5, 5.41) is 3.49. The molecular formula is C11H25NO. The predicted octanol–water partition coefficient (Wildman–Crippen LogP) is 2.44. The normalized spacial score (nSPS) is 13.4. The lowest BCUT2D eigenvalue weighted by atomic mass is 9.92. The van der Waals surface area contributed by atoms with Crippen LogP contribution in [0.15, 0.2) is 0 Å². The van der Waals surface area contributed by atoms with Crippen LogP contribution in [0, 0.1) is 5.41 Å². The molecule has 80 valence electrons. The van der Waals surface area contributed by atoms with E-state index in [2.05, 4.69) is 39.9 Å². The van der Waals surface area contributed by atoms with Crippen LogP contribution in [0.5, 0.6) is 0 Å². The van der Waals surface area contributed by atoms with E-state index in [-0.39, 0.29) is 5.54 Å². The van der Waals surface area contributed by atoms with Gasteiger partial charge in [0.2, 0.25) is 0 Å². The number of methoxy groups -OCH3 is 1. The average molecular weight is 187 g/mol. The molecule has 2 heteroatoms. The second kappa shape index (κ2) is 4.97. The van der Waals surface area contributed by atoms with Crippen LogP contribution in [0.1, 0.15) is 41.0 Å². The molecular weight excluding hydrogens is 162 g/mol. The van der Waals surface area contributed by atoms with E-state index in [4.69, 9.17) is 4.74 Å². The van der Waals surface area contributed by atoms with Crippen molar-refractivity contribution in [2.45, 2.75) is 46.6 Å². The molecule has 0 saturated carbocycles. The Balaban J connectivity index is 3.63. The van der Waals surface area contributed by atoms with Crippen molar-refractivity contribution in [3.05, 3.63) is 0 Å². The van der Waals surface area contributed by atoms with Crippen molar-refractivity contribution in [2.75, 3.05) is 20.3 Å². The van der Waals surface area contributed by atoms with Crippen molar-refractivity contribution in [3.63, 3.8) is 0 Å². The summed E-state index contributed by atoms with van der Waals surface area (Å²) in [6, 6.07) is 0. The number of ether oxygens (including phenoxy) is 1. The third-order valence-corrected chi connectivity index (χ3v) is 1.98. The van der Waals surface area contributed by atoms with E-state index in [1.165, 1.54) is 6.42 Å². The summed E-state index contributed by atoms with van der Waals surface area (Å²) in [4.78, 5) is 0. The second-order valence-corrected chi connectivity index (χ2v) is 5.55. The standard InChI is InChI=1S/C11H25NO/c1-10(2,3)7-8-12-11(4,5)9-13-6/h12H,7-9H2,1-6H3. The summed E-state index contributed by atoms with van der Waals surface area (Å²) < 4.78 is 5.13. The van der Waals surface area contributed by atoms with Gasteiger partial charge in [0.1, 0.15) is 0 Å². The van der Waals surface area contributed by atoms with Gasteiger partial charge in [-0.2, -0.15) is 0 Å². The monoisotopic (exact) mass is 187 g/mol. The van der Waals surface area contributed by atoms with Gasteiger partial charge in [-0.25, -0.2) is 0 Å². The maximum atomic E-state index is 5.13. The maximum Gasteiger partial charge on any atom is 0.0639 e. The molecule has 0 aromatic heterocycles. The molecule has 2 nitrogen and oxygen atoms in total. The van der Waals surface area contributed by atoms with Crippen LogP contribution < -0.4 is 5.32 Å². The highest BCUT2D eigenvalue weighted by Crippen LogP contribution is 2.17. The molecule has 0 amide bonds. The maximum absolute atomic E-state index is 5.13. The molecule has 1 N–H and O–H groups in total. The first-order valence-electron chi connectivity index (χ1n) is 5.01. The van der Waals surface area contributed by atoms with Crippen molar-refractivity contribution in [3.8, 4) is 0 Å². The zero-order valence-corrected chi connectivity index (χ0v) is 10.0. The molecule has 0 fully saturated rings. The molecule has 0 aliphatic rings.